The Kier molecular flexibility index (Phi) is 4.55. The van der Waals surface area contributed by atoms with E-state index in [2.05, 4.69) is 10.3 Å². The van der Waals surface area contributed by atoms with Gasteiger partial charge in [0.1, 0.15) is 12.4 Å². The molecule has 0 bridgehead atoms. The highest BCUT2D eigenvalue weighted by Crippen LogP contribution is 2.24. The first-order valence-electron chi connectivity index (χ1n) is 9.86. The van der Waals surface area contributed by atoms with Crippen molar-refractivity contribution in [2.75, 3.05) is 5.32 Å². The molecule has 5 aromatic rings. The molecular formula is C24H19N5O2. The second kappa shape index (κ2) is 7.53. The number of imidazole rings is 1. The number of benzene rings is 3. The van der Waals surface area contributed by atoms with Crippen LogP contribution in [0.1, 0.15) is 0 Å². The molecule has 2 heterocycles. The quantitative estimate of drug-likeness (QED) is 0.492. The maximum Gasteiger partial charge on any atom is 0.269 e. The summed E-state index contributed by atoms with van der Waals surface area (Å²) in [5.74, 6) is 0.572. The van der Waals surface area contributed by atoms with Crippen molar-refractivity contribution < 1.29 is 4.79 Å². The van der Waals surface area contributed by atoms with Gasteiger partial charge in [-0.2, -0.15) is 0 Å². The van der Waals surface area contributed by atoms with Crippen LogP contribution in [0.2, 0.25) is 0 Å². The monoisotopic (exact) mass is 409 g/mol. The molecule has 7 heteroatoms. The minimum atomic E-state index is -0.314. The van der Waals surface area contributed by atoms with Gasteiger partial charge in [-0.15, -0.1) is 0 Å². The molecule has 0 spiro atoms. The van der Waals surface area contributed by atoms with Crippen LogP contribution in [0.15, 0.2) is 83.8 Å². The summed E-state index contributed by atoms with van der Waals surface area (Å²) < 4.78 is 3.47. The lowest BCUT2D eigenvalue weighted by Crippen LogP contribution is -2.27. The van der Waals surface area contributed by atoms with Crippen LogP contribution in [0.25, 0.3) is 33.5 Å². The molecule has 3 aromatic carbocycles. The first-order valence-corrected chi connectivity index (χ1v) is 9.86. The van der Waals surface area contributed by atoms with Gasteiger partial charge in [-0.05, 0) is 48.5 Å². The van der Waals surface area contributed by atoms with Gasteiger partial charge >= 0.3 is 0 Å². The summed E-state index contributed by atoms with van der Waals surface area (Å²) in [5.41, 5.74) is 4.58. The average molecular weight is 409 g/mol. The summed E-state index contributed by atoms with van der Waals surface area (Å²) in [6, 6.07) is 22.7. The van der Waals surface area contributed by atoms with Gasteiger partial charge in [-0.1, -0.05) is 24.3 Å². The van der Waals surface area contributed by atoms with Gasteiger partial charge < -0.3 is 9.88 Å². The molecule has 0 saturated heterocycles. The number of amides is 1. The van der Waals surface area contributed by atoms with Gasteiger partial charge in [0.05, 0.1) is 28.3 Å². The van der Waals surface area contributed by atoms with Crippen LogP contribution in [0, 0.1) is 0 Å². The van der Waals surface area contributed by atoms with E-state index in [1.165, 1.54) is 10.8 Å². The molecule has 0 aliphatic carbocycles. The van der Waals surface area contributed by atoms with Crippen molar-refractivity contribution in [3.63, 3.8) is 0 Å². The van der Waals surface area contributed by atoms with Crippen molar-refractivity contribution in [3.05, 3.63) is 89.3 Å². The SMILES string of the molecule is Cn1c(-c2ccc(NC(=O)Cn3c(=O)cnc4ccccc43)cc2)nc2ccccc21. The maximum absolute atomic E-state index is 12.6. The normalized spacial score (nSPS) is 11.1. The summed E-state index contributed by atoms with van der Waals surface area (Å²) in [5, 5.41) is 2.86. The van der Waals surface area contributed by atoms with Crippen molar-refractivity contribution in [2.45, 2.75) is 6.54 Å². The van der Waals surface area contributed by atoms with Crippen molar-refractivity contribution in [2.24, 2.45) is 7.05 Å². The lowest BCUT2D eigenvalue weighted by molar-refractivity contribution is -0.116. The van der Waals surface area contributed by atoms with Crippen molar-refractivity contribution in [1.82, 2.24) is 19.1 Å². The Labute approximate surface area is 177 Å². The van der Waals surface area contributed by atoms with E-state index >= 15 is 0 Å². The van der Waals surface area contributed by atoms with Crippen molar-refractivity contribution in [1.29, 1.82) is 0 Å². The summed E-state index contributed by atoms with van der Waals surface area (Å²) in [6.45, 7) is -0.0889. The number of aromatic nitrogens is 4. The number of anilines is 1. The number of para-hydroxylation sites is 4. The predicted octanol–water partition coefficient (Wildman–Crippen LogP) is 3.59. The summed E-state index contributed by atoms with van der Waals surface area (Å²) in [6.07, 6.45) is 1.24. The molecule has 0 atom stereocenters. The molecular weight excluding hydrogens is 390 g/mol. The van der Waals surface area contributed by atoms with Gasteiger partial charge in [0.2, 0.25) is 5.91 Å². The predicted molar refractivity (Wildman–Crippen MR) is 121 cm³/mol. The lowest BCUT2D eigenvalue weighted by Gasteiger charge is -2.10. The fourth-order valence-electron chi connectivity index (χ4n) is 3.73. The van der Waals surface area contributed by atoms with Crippen LogP contribution in [0.3, 0.4) is 0 Å². The average Bonchev–Trinajstić information content (AvgIpc) is 3.13. The molecule has 0 fully saturated rings. The highest BCUT2D eigenvalue weighted by atomic mass is 16.2. The zero-order chi connectivity index (χ0) is 21.4. The summed E-state index contributed by atoms with van der Waals surface area (Å²) >= 11 is 0. The Morgan fingerprint density at radius 2 is 1.58 bits per heavy atom. The van der Waals surface area contributed by atoms with E-state index in [0.717, 1.165) is 22.4 Å². The van der Waals surface area contributed by atoms with Crippen molar-refractivity contribution in [3.8, 4) is 11.4 Å². The van der Waals surface area contributed by atoms with Gasteiger partial charge in [0.15, 0.2) is 0 Å². The number of nitrogens with zero attached hydrogens (tertiary/aromatic N) is 4. The Morgan fingerprint density at radius 1 is 0.903 bits per heavy atom. The van der Waals surface area contributed by atoms with E-state index in [-0.39, 0.29) is 18.0 Å². The molecule has 0 aliphatic rings. The fraction of sp³-hybridized carbons (Fsp3) is 0.0833. The zero-order valence-corrected chi connectivity index (χ0v) is 16.8. The minimum absolute atomic E-state index is 0.0889. The number of aryl methyl sites for hydroxylation is 1. The largest absolute Gasteiger partial charge is 0.327 e. The summed E-state index contributed by atoms with van der Waals surface area (Å²) in [7, 11) is 1.98. The van der Waals surface area contributed by atoms with Crippen LogP contribution in [0.5, 0.6) is 0 Å². The van der Waals surface area contributed by atoms with E-state index < -0.39 is 0 Å². The van der Waals surface area contributed by atoms with Crippen molar-refractivity contribution >= 4 is 33.7 Å². The fourth-order valence-corrected chi connectivity index (χ4v) is 3.73. The molecule has 31 heavy (non-hydrogen) atoms. The molecule has 1 amide bonds. The smallest absolute Gasteiger partial charge is 0.269 e. The second-order valence-corrected chi connectivity index (χ2v) is 7.28. The standard InChI is InChI=1S/C24H19N5O2/c1-28-20-8-4-3-7-19(20)27-24(28)16-10-12-17(13-11-16)26-22(30)15-29-21-9-5-2-6-18(21)25-14-23(29)31/h2-14H,15H2,1H3,(H,26,30). The third-order valence-corrected chi connectivity index (χ3v) is 5.27. The Hall–Kier alpha value is -4.26. The number of rotatable bonds is 4. The Morgan fingerprint density at radius 3 is 2.32 bits per heavy atom. The minimum Gasteiger partial charge on any atom is -0.327 e. The maximum atomic E-state index is 12.6. The number of carbonyl (C=O) groups is 1. The summed E-state index contributed by atoms with van der Waals surface area (Å²) in [4.78, 5) is 33.7. The molecule has 0 unspecified atom stereocenters. The van der Waals surface area contributed by atoms with E-state index in [0.29, 0.717) is 16.7 Å². The molecule has 5 rings (SSSR count). The van der Waals surface area contributed by atoms with Gasteiger partial charge in [0.25, 0.3) is 5.56 Å². The molecule has 0 radical (unpaired) electrons. The number of nitrogens with one attached hydrogen (secondary N) is 1. The van der Waals surface area contributed by atoms with Crippen LogP contribution in [-0.2, 0) is 18.4 Å². The highest BCUT2D eigenvalue weighted by Gasteiger charge is 2.11. The van der Waals surface area contributed by atoms with Gasteiger partial charge in [-0.3, -0.25) is 14.2 Å². The topological polar surface area (TPSA) is 81.8 Å². The molecule has 7 nitrogen and oxygen atoms in total. The van der Waals surface area contributed by atoms with Gasteiger partial charge in [-0.25, -0.2) is 9.97 Å². The van der Waals surface area contributed by atoms with Gasteiger partial charge in [0, 0.05) is 18.3 Å². The zero-order valence-electron chi connectivity index (χ0n) is 16.8. The third-order valence-electron chi connectivity index (χ3n) is 5.27. The second-order valence-electron chi connectivity index (χ2n) is 7.28. The van der Waals surface area contributed by atoms with E-state index in [1.54, 1.807) is 6.07 Å². The molecule has 2 aromatic heterocycles. The number of fused-ring (bicyclic) bond motifs is 2. The number of hydrogen-bond donors (Lipinski definition) is 1. The molecule has 152 valence electrons. The molecule has 0 saturated carbocycles. The van der Waals surface area contributed by atoms with E-state index in [9.17, 15) is 9.59 Å². The van der Waals surface area contributed by atoms with Crippen LogP contribution in [-0.4, -0.2) is 25.0 Å². The Balaban J connectivity index is 1.37. The third kappa shape index (κ3) is 3.46. The first kappa shape index (κ1) is 18.7. The molecule has 1 N–H and O–H groups in total. The van der Waals surface area contributed by atoms with Crippen LogP contribution >= 0.6 is 0 Å². The molecule has 0 aliphatic heterocycles. The van der Waals surface area contributed by atoms with E-state index in [1.807, 2.05) is 78.3 Å². The number of hydrogen-bond acceptors (Lipinski definition) is 4. The highest BCUT2D eigenvalue weighted by molar-refractivity contribution is 5.92. The Bertz CT molecular complexity index is 1480. The first-order chi connectivity index (χ1) is 15.1. The number of carbonyl (C=O) groups excluding carboxylic acids is 1. The van der Waals surface area contributed by atoms with Crippen LogP contribution < -0.4 is 10.9 Å². The van der Waals surface area contributed by atoms with Crippen LogP contribution in [0.4, 0.5) is 5.69 Å². The lowest BCUT2D eigenvalue weighted by atomic mass is 10.2. The van der Waals surface area contributed by atoms with E-state index in [4.69, 9.17) is 4.98 Å².